The number of rotatable bonds is 4. The zero-order chi connectivity index (χ0) is 11.4. The lowest BCUT2D eigenvalue weighted by Crippen LogP contribution is -2.29. The minimum Gasteiger partial charge on any atom is -0.271 e. The molecule has 3 nitrogen and oxygen atoms in total. The maximum Gasteiger partial charge on any atom is 0.0798 e. The quantitative estimate of drug-likeness (QED) is 0.629. The molecule has 0 aliphatic heterocycles. The van der Waals surface area contributed by atoms with Crippen LogP contribution in [0.3, 0.4) is 0 Å². The average molecular weight is 233 g/mol. The van der Waals surface area contributed by atoms with E-state index >= 15 is 0 Å². The summed E-state index contributed by atoms with van der Waals surface area (Å²) in [6, 6.07) is 10.5. The van der Waals surface area contributed by atoms with Gasteiger partial charge in [-0.3, -0.25) is 11.3 Å². The fraction of sp³-hybridized carbons (Fsp3) is 0.250. The topological polar surface area (TPSA) is 50.9 Å². The van der Waals surface area contributed by atoms with Gasteiger partial charge in [0.05, 0.1) is 17.2 Å². The molecule has 3 N–H and O–H groups in total. The molecule has 0 amide bonds. The number of aryl methyl sites for hydroxylation is 1. The molecular formula is C12H15N3S. The molecule has 0 saturated carbocycles. The Labute approximate surface area is 99.3 Å². The van der Waals surface area contributed by atoms with Crippen LogP contribution in [0.5, 0.6) is 0 Å². The monoisotopic (exact) mass is 233 g/mol. The summed E-state index contributed by atoms with van der Waals surface area (Å²) in [4.78, 5) is 5.46. The van der Waals surface area contributed by atoms with Gasteiger partial charge >= 0.3 is 0 Å². The number of nitrogens with zero attached hydrogens (tertiary/aromatic N) is 1. The molecule has 84 valence electrons. The Hall–Kier alpha value is -1.23. The molecule has 0 fully saturated rings. The first kappa shape index (κ1) is 11.3. The van der Waals surface area contributed by atoms with Gasteiger partial charge in [0.2, 0.25) is 0 Å². The molecular weight excluding hydrogens is 218 g/mol. The lowest BCUT2D eigenvalue weighted by molar-refractivity contribution is 0.557. The van der Waals surface area contributed by atoms with Crippen LogP contribution in [0.25, 0.3) is 0 Å². The lowest BCUT2D eigenvalue weighted by atomic mass is 10.0. The number of hydrogen-bond donors (Lipinski definition) is 2. The first-order valence-corrected chi connectivity index (χ1v) is 6.09. The van der Waals surface area contributed by atoms with E-state index in [1.54, 1.807) is 11.3 Å². The van der Waals surface area contributed by atoms with Crippen molar-refractivity contribution in [1.29, 1.82) is 0 Å². The van der Waals surface area contributed by atoms with Crippen LogP contribution < -0.4 is 11.3 Å². The summed E-state index contributed by atoms with van der Waals surface area (Å²) in [6.45, 7) is 2.02. The Morgan fingerprint density at radius 1 is 1.38 bits per heavy atom. The lowest BCUT2D eigenvalue weighted by Gasteiger charge is -2.14. The number of aromatic nitrogens is 1. The maximum atomic E-state index is 5.61. The van der Waals surface area contributed by atoms with Gasteiger partial charge in [0.1, 0.15) is 0 Å². The fourth-order valence-corrected chi connectivity index (χ4v) is 2.59. The molecule has 0 bridgehead atoms. The van der Waals surface area contributed by atoms with Gasteiger partial charge in [0.25, 0.3) is 0 Å². The smallest absolute Gasteiger partial charge is 0.0798 e. The summed E-state index contributed by atoms with van der Waals surface area (Å²) >= 11 is 1.65. The number of nitrogens with two attached hydrogens (primary N) is 1. The standard InChI is InChI=1S/C12H15N3S/c1-9-12(16-8-14-9)11(15-13)7-10-5-3-2-4-6-10/h2-6,8,11,15H,7,13H2,1H3. The Kier molecular flexibility index (Phi) is 3.66. The first-order chi connectivity index (χ1) is 7.81. The highest BCUT2D eigenvalue weighted by Gasteiger charge is 2.14. The minimum absolute atomic E-state index is 0.148. The Balaban J connectivity index is 2.16. The molecule has 4 heteroatoms. The SMILES string of the molecule is Cc1ncsc1C(Cc1ccccc1)NN. The predicted molar refractivity (Wildman–Crippen MR) is 67.1 cm³/mol. The van der Waals surface area contributed by atoms with Gasteiger partial charge in [-0.2, -0.15) is 0 Å². The van der Waals surface area contributed by atoms with Crippen molar-refractivity contribution in [3.8, 4) is 0 Å². The molecule has 0 radical (unpaired) electrons. The second-order valence-corrected chi connectivity index (χ2v) is 4.60. The van der Waals surface area contributed by atoms with Crippen molar-refractivity contribution in [2.45, 2.75) is 19.4 Å². The molecule has 1 unspecified atom stereocenters. The van der Waals surface area contributed by atoms with E-state index in [0.717, 1.165) is 12.1 Å². The summed E-state index contributed by atoms with van der Waals surface area (Å²) in [6.07, 6.45) is 0.889. The van der Waals surface area contributed by atoms with Gasteiger partial charge in [-0.15, -0.1) is 11.3 Å². The highest BCUT2D eigenvalue weighted by molar-refractivity contribution is 7.09. The van der Waals surface area contributed by atoms with E-state index in [2.05, 4.69) is 22.5 Å². The summed E-state index contributed by atoms with van der Waals surface area (Å²) < 4.78 is 0. The average Bonchev–Trinajstić information content (AvgIpc) is 2.74. The Bertz CT molecular complexity index is 439. The molecule has 0 aliphatic carbocycles. The van der Waals surface area contributed by atoms with Crippen LogP contribution in [0.4, 0.5) is 0 Å². The van der Waals surface area contributed by atoms with Crippen LogP contribution in [-0.4, -0.2) is 4.98 Å². The third-order valence-electron chi connectivity index (χ3n) is 2.58. The van der Waals surface area contributed by atoms with Crippen LogP contribution in [0.15, 0.2) is 35.8 Å². The number of nitrogens with one attached hydrogen (secondary N) is 1. The van der Waals surface area contributed by atoms with Crippen molar-refractivity contribution >= 4 is 11.3 Å². The van der Waals surface area contributed by atoms with E-state index in [0.29, 0.717) is 0 Å². The molecule has 0 saturated heterocycles. The van der Waals surface area contributed by atoms with Gasteiger partial charge in [0.15, 0.2) is 0 Å². The zero-order valence-corrected chi connectivity index (χ0v) is 10.00. The fourth-order valence-electron chi connectivity index (χ4n) is 1.72. The highest BCUT2D eigenvalue weighted by Crippen LogP contribution is 2.24. The van der Waals surface area contributed by atoms with Crippen LogP contribution in [-0.2, 0) is 6.42 Å². The number of thiazole rings is 1. The van der Waals surface area contributed by atoms with Gasteiger partial charge < -0.3 is 0 Å². The largest absolute Gasteiger partial charge is 0.271 e. The highest BCUT2D eigenvalue weighted by atomic mass is 32.1. The van der Waals surface area contributed by atoms with Crippen molar-refractivity contribution < 1.29 is 0 Å². The summed E-state index contributed by atoms with van der Waals surface area (Å²) in [5.41, 5.74) is 7.06. The molecule has 1 heterocycles. The predicted octanol–water partition coefficient (Wildman–Crippen LogP) is 2.20. The second-order valence-electron chi connectivity index (χ2n) is 3.71. The van der Waals surface area contributed by atoms with E-state index in [9.17, 15) is 0 Å². The third kappa shape index (κ3) is 2.47. The van der Waals surface area contributed by atoms with Crippen LogP contribution in [0.1, 0.15) is 22.2 Å². The van der Waals surface area contributed by atoms with Crippen molar-refractivity contribution in [3.63, 3.8) is 0 Å². The maximum absolute atomic E-state index is 5.61. The molecule has 2 rings (SSSR count). The van der Waals surface area contributed by atoms with Crippen LogP contribution in [0, 0.1) is 6.92 Å². The van der Waals surface area contributed by atoms with Crippen LogP contribution >= 0.6 is 11.3 Å². The van der Waals surface area contributed by atoms with Gasteiger partial charge in [0, 0.05) is 4.88 Å². The number of hydrogen-bond acceptors (Lipinski definition) is 4. The molecule has 0 spiro atoms. The first-order valence-electron chi connectivity index (χ1n) is 5.21. The van der Waals surface area contributed by atoms with E-state index in [4.69, 9.17) is 5.84 Å². The van der Waals surface area contributed by atoms with E-state index in [1.165, 1.54) is 10.4 Å². The summed E-state index contributed by atoms with van der Waals surface area (Å²) in [7, 11) is 0. The van der Waals surface area contributed by atoms with Crippen molar-refractivity contribution in [1.82, 2.24) is 10.4 Å². The minimum atomic E-state index is 0.148. The van der Waals surface area contributed by atoms with E-state index in [-0.39, 0.29) is 6.04 Å². The second kappa shape index (κ2) is 5.21. The molecule has 1 atom stereocenters. The van der Waals surface area contributed by atoms with Gasteiger partial charge in [-0.1, -0.05) is 30.3 Å². The van der Waals surface area contributed by atoms with Crippen LogP contribution in [0.2, 0.25) is 0 Å². The van der Waals surface area contributed by atoms with E-state index < -0.39 is 0 Å². The van der Waals surface area contributed by atoms with Crippen molar-refractivity contribution in [2.75, 3.05) is 0 Å². The van der Waals surface area contributed by atoms with E-state index in [1.807, 2.05) is 30.6 Å². The van der Waals surface area contributed by atoms with Crippen molar-refractivity contribution in [2.24, 2.45) is 5.84 Å². The summed E-state index contributed by atoms with van der Waals surface area (Å²) in [5, 5.41) is 0. The molecule has 0 aliphatic rings. The Morgan fingerprint density at radius 3 is 2.69 bits per heavy atom. The summed E-state index contributed by atoms with van der Waals surface area (Å²) in [5.74, 6) is 5.61. The van der Waals surface area contributed by atoms with Crippen molar-refractivity contribution in [3.05, 3.63) is 52.0 Å². The van der Waals surface area contributed by atoms with Gasteiger partial charge in [-0.25, -0.2) is 4.98 Å². The zero-order valence-electron chi connectivity index (χ0n) is 9.18. The normalized spacial score (nSPS) is 12.6. The molecule has 1 aromatic carbocycles. The Morgan fingerprint density at radius 2 is 2.12 bits per heavy atom. The third-order valence-corrected chi connectivity index (χ3v) is 3.63. The number of benzene rings is 1. The molecule has 2 aromatic rings. The number of hydrazine groups is 1. The van der Waals surface area contributed by atoms with Gasteiger partial charge in [-0.05, 0) is 18.9 Å². The molecule has 1 aromatic heterocycles. The molecule has 16 heavy (non-hydrogen) atoms.